The van der Waals surface area contributed by atoms with E-state index in [-0.39, 0.29) is 5.69 Å². The predicted molar refractivity (Wildman–Crippen MR) is 90.2 cm³/mol. The highest BCUT2D eigenvalue weighted by Crippen LogP contribution is 2.37. The van der Waals surface area contributed by atoms with Crippen LogP contribution in [0.15, 0.2) is 21.9 Å². The minimum absolute atomic E-state index is 0.154. The van der Waals surface area contributed by atoms with Crippen molar-refractivity contribution in [1.29, 1.82) is 0 Å². The summed E-state index contributed by atoms with van der Waals surface area (Å²) in [5.74, 6) is 0. The summed E-state index contributed by atoms with van der Waals surface area (Å²) in [6, 6.07) is 1.69. The molecule has 0 spiro atoms. The molecule has 1 aliphatic rings. The molecule has 1 unspecified atom stereocenters. The van der Waals surface area contributed by atoms with Crippen LogP contribution in [0.5, 0.6) is 0 Å². The Labute approximate surface area is 162 Å². The van der Waals surface area contributed by atoms with Crippen LogP contribution in [0.4, 0.5) is 5.69 Å². The number of benzene rings is 1. The maximum absolute atomic E-state index is 12.5. The highest BCUT2D eigenvalue weighted by atomic mass is 35.5. The molecule has 156 valence electrons. The molecule has 1 heterocycles. The first-order valence-corrected chi connectivity index (χ1v) is 10.3. The van der Waals surface area contributed by atoms with Gasteiger partial charge in [-0.3, -0.25) is 0 Å². The normalized spacial score (nSPS) is 19.4. The van der Waals surface area contributed by atoms with Gasteiger partial charge in [0.2, 0.25) is 20.0 Å². The molecule has 15 nitrogen and oxygen atoms in total. The minimum Gasteiger partial charge on any atom is -0.355 e. The molecule has 0 aliphatic carbocycles. The lowest BCUT2D eigenvalue weighted by molar-refractivity contribution is -0.790. The van der Waals surface area contributed by atoms with Gasteiger partial charge in [-0.2, -0.15) is 4.72 Å². The Hall–Kier alpha value is -2.47. The van der Waals surface area contributed by atoms with Crippen molar-refractivity contribution in [3.63, 3.8) is 0 Å². The van der Waals surface area contributed by atoms with Crippen molar-refractivity contribution in [2.24, 2.45) is 5.14 Å². The molecule has 1 aromatic carbocycles. The van der Waals surface area contributed by atoms with Gasteiger partial charge in [0.05, 0.1) is 10.7 Å². The average Bonchev–Trinajstić information content (AvgIpc) is 2.53. The first-order chi connectivity index (χ1) is 12.7. The molecule has 0 radical (unpaired) electrons. The number of nitrogens with two attached hydrogens (primary N) is 1. The molecule has 0 bridgehead atoms. The molecule has 28 heavy (non-hydrogen) atoms. The summed E-state index contributed by atoms with van der Waals surface area (Å²) in [6.07, 6.45) is -3.29. The van der Waals surface area contributed by atoms with E-state index in [4.69, 9.17) is 16.7 Å². The first-order valence-electron chi connectivity index (χ1n) is 6.94. The molecule has 0 fully saturated rings. The molecule has 3 N–H and O–H groups in total. The lowest BCUT2D eigenvalue weighted by Crippen LogP contribution is -2.59. The Kier molecular flexibility index (Phi) is 5.85. The van der Waals surface area contributed by atoms with Crippen molar-refractivity contribution < 1.29 is 36.7 Å². The molecule has 1 aromatic rings. The van der Waals surface area contributed by atoms with E-state index in [1.807, 2.05) is 4.72 Å². The number of nitrogens with one attached hydrogen (secondary N) is 1. The molecular formula is C10H12ClN5O10S2. The van der Waals surface area contributed by atoms with Crippen LogP contribution in [0.25, 0.3) is 0 Å². The highest BCUT2D eigenvalue weighted by Gasteiger charge is 2.41. The second kappa shape index (κ2) is 7.51. The summed E-state index contributed by atoms with van der Waals surface area (Å²) in [7, 11) is -7.53. The number of sulfonamides is 2. The van der Waals surface area contributed by atoms with Crippen molar-refractivity contribution in [2.45, 2.75) is 22.1 Å². The summed E-state index contributed by atoms with van der Waals surface area (Å²) in [4.78, 5) is 29.3. The van der Waals surface area contributed by atoms with E-state index in [9.17, 15) is 37.1 Å². The van der Waals surface area contributed by atoms with Gasteiger partial charge >= 0.3 is 0 Å². The van der Waals surface area contributed by atoms with Crippen LogP contribution in [-0.4, -0.2) is 52.9 Å². The van der Waals surface area contributed by atoms with Crippen LogP contribution in [-0.2, 0) is 29.7 Å². The SMILES string of the molecule is CN1c2cc(Cl)c(S(N)(=O)=O)cc2S(=O)(=O)NC1[C@@H](CO[N+](=O)[O-])O[N+](=O)[O-]. The van der Waals surface area contributed by atoms with Gasteiger partial charge < -0.3 is 14.6 Å². The van der Waals surface area contributed by atoms with Gasteiger partial charge in [-0.15, -0.1) is 20.2 Å². The van der Waals surface area contributed by atoms with E-state index in [2.05, 4.69) is 9.68 Å². The zero-order valence-corrected chi connectivity index (χ0v) is 16.1. The maximum Gasteiger partial charge on any atom is 0.294 e. The first kappa shape index (κ1) is 21.8. The lowest BCUT2D eigenvalue weighted by atomic mass is 10.2. The smallest absolute Gasteiger partial charge is 0.294 e. The third kappa shape index (κ3) is 4.50. The third-order valence-corrected chi connectivity index (χ3v) is 6.43. The second-order valence-corrected chi connectivity index (χ2v) is 8.98. The van der Waals surface area contributed by atoms with Crippen molar-refractivity contribution >= 4 is 37.3 Å². The fraction of sp³-hybridized carbons (Fsp3) is 0.400. The number of nitrogens with zero attached hydrogens (tertiary/aromatic N) is 3. The quantitative estimate of drug-likeness (QED) is 0.364. The number of likely N-dealkylation sites (N-methyl/N-ethyl adjacent to an activating group) is 1. The zero-order chi connectivity index (χ0) is 21.4. The summed E-state index contributed by atoms with van der Waals surface area (Å²) in [6.45, 7) is -0.982. The Morgan fingerprint density at radius 2 is 1.96 bits per heavy atom. The van der Waals surface area contributed by atoms with Gasteiger partial charge in [-0.25, -0.2) is 22.0 Å². The van der Waals surface area contributed by atoms with E-state index in [1.165, 1.54) is 7.05 Å². The Balaban J connectivity index is 2.56. The van der Waals surface area contributed by atoms with Crippen molar-refractivity contribution in [1.82, 2.24) is 4.72 Å². The van der Waals surface area contributed by atoms with E-state index in [0.717, 1.165) is 17.0 Å². The van der Waals surface area contributed by atoms with Crippen LogP contribution in [0, 0.1) is 20.2 Å². The molecule has 2 atom stereocenters. The standard InChI is InChI=1S/C10H12ClN5O10S2/c1-14-6-2-5(11)8(27(12,21)22)3-9(6)28(23,24)13-10(14)7(26-16(19)20)4-25-15(17)18/h2-3,7,10,13H,4H2,1H3,(H2,12,21,22)/t7-,10?/m1/s1. The monoisotopic (exact) mass is 461 g/mol. The minimum atomic E-state index is -4.44. The molecule has 0 saturated carbocycles. The van der Waals surface area contributed by atoms with Crippen molar-refractivity contribution in [3.8, 4) is 0 Å². The van der Waals surface area contributed by atoms with Crippen LogP contribution in [0.3, 0.4) is 0 Å². The average molecular weight is 462 g/mol. The van der Waals surface area contributed by atoms with Crippen LogP contribution in [0.1, 0.15) is 0 Å². The highest BCUT2D eigenvalue weighted by molar-refractivity contribution is 7.90. The topological polar surface area (TPSA) is 214 Å². The number of rotatable bonds is 7. The molecule has 1 aliphatic heterocycles. The van der Waals surface area contributed by atoms with Gasteiger partial charge in [-0.05, 0) is 12.1 Å². The number of primary sulfonamides is 1. The number of anilines is 1. The van der Waals surface area contributed by atoms with Crippen LogP contribution < -0.4 is 14.8 Å². The Morgan fingerprint density at radius 1 is 1.36 bits per heavy atom. The van der Waals surface area contributed by atoms with Gasteiger partial charge in [0.15, 0.2) is 6.10 Å². The lowest BCUT2D eigenvalue weighted by Gasteiger charge is -2.39. The number of halogens is 1. The maximum atomic E-state index is 12.5. The number of hydrogen-bond acceptors (Lipinski definition) is 11. The van der Waals surface area contributed by atoms with Gasteiger partial charge in [0.25, 0.3) is 10.2 Å². The number of hydrogen-bond donors (Lipinski definition) is 2. The third-order valence-electron chi connectivity index (χ3n) is 3.60. The molecule has 0 amide bonds. The fourth-order valence-corrected chi connectivity index (χ4v) is 5.11. The van der Waals surface area contributed by atoms with Crippen molar-refractivity contribution in [3.05, 3.63) is 37.4 Å². The van der Waals surface area contributed by atoms with Crippen LogP contribution in [0.2, 0.25) is 5.02 Å². The Morgan fingerprint density at radius 3 is 2.46 bits per heavy atom. The zero-order valence-electron chi connectivity index (χ0n) is 13.7. The van der Waals surface area contributed by atoms with E-state index in [0.29, 0.717) is 0 Å². The van der Waals surface area contributed by atoms with E-state index < -0.39 is 63.9 Å². The summed E-state index contributed by atoms with van der Waals surface area (Å²) in [5, 5.41) is 23.1. The molecular weight excluding hydrogens is 450 g/mol. The number of fused-ring (bicyclic) bond motifs is 1. The summed E-state index contributed by atoms with van der Waals surface area (Å²) >= 11 is 5.86. The molecule has 0 saturated heterocycles. The van der Waals surface area contributed by atoms with Gasteiger partial charge in [0.1, 0.15) is 22.6 Å². The van der Waals surface area contributed by atoms with E-state index >= 15 is 0 Å². The molecule has 18 heteroatoms. The summed E-state index contributed by atoms with van der Waals surface area (Å²) in [5.41, 5.74) is -0.154. The van der Waals surface area contributed by atoms with Gasteiger partial charge in [-0.1, -0.05) is 11.6 Å². The molecule has 0 aromatic heterocycles. The van der Waals surface area contributed by atoms with E-state index in [1.54, 1.807) is 0 Å². The van der Waals surface area contributed by atoms with Gasteiger partial charge in [0, 0.05) is 7.05 Å². The fourth-order valence-electron chi connectivity index (χ4n) is 2.43. The van der Waals surface area contributed by atoms with Crippen LogP contribution >= 0.6 is 11.6 Å². The summed E-state index contributed by atoms with van der Waals surface area (Å²) < 4.78 is 50.2. The molecule has 2 rings (SSSR count). The predicted octanol–water partition coefficient (Wildman–Crippen LogP) is -1.17. The Bertz CT molecular complexity index is 1030. The largest absolute Gasteiger partial charge is 0.355 e. The van der Waals surface area contributed by atoms with Crippen molar-refractivity contribution in [2.75, 3.05) is 18.6 Å². The second-order valence-electron chi connectivity index (χ2n) is 5.36.